The first-order valence-electron chi connectivity index (χ1n) is 5.68. The Hall–Kier alpha value is -2.07. The van der Waals surface area contributed by atoms with Crippen LogP contribution in [0.4, 0.5) is 5.69 Å². The summed E-state index contributed by atoms with van der Waals surface area (Å²) in [5.41, 5.74) is 1.86. The maximum Gasteiger partial charge on any atom is 0.258 e. The summed E-state index contributed by atoms with van der Waals surface area (Å²) in [6, 6.07) is 9.62. The van der Waals surface area contributed by atoms with E-state index in [1.807, 2.05) is 0 Å². The molecule has 2 aromatic rings. The first kappa shape index (κ1) is 13.4. The Kier molecular flexibility index (Phi) is 3.71. The number of aromatic hydroxyl groups is 1. The average Bonchev–Trinajstić information content (AvgIpc) is 2.37. The third kappa shape index (κ3) is 3.03. The van der Waals surface area contributed by atoms with Gasteiger partial charge in [-0.1, -0.05) is 11.6 Å². The minimum Gasteiger partial charge on any atom is -0.508 e. The van der Waals surface area contributed by atoms with Crippen LogP contribution in [0.15, 0.2) is 36.4 Å². The Bertz CT molecular complexity index is 591. The van der Waals surface area contributed by atoms with Gasteiger partial charge in [-0.2, -0.15) is 0 Å². The zero-order chi connectivity index (χ0) is 14.0. The molecule has 0 aliphatic carbocycles. The Morgan fingerprint density at radius 2 is 1.89 bits per heavy atom. The molecular formula is C14H13ClN2O2. The molecule has 0 aliphatic heterocycles. The topological polar surface area (TPSA) is 53.4 Å². The number of halogens is 1. The number of hydrogen-bond donors (Lipinski definition) is 1. The van der Waals surface area contributed by atoms with Crippen molar-refractivity contribution in [2.45, 2.75) is 6.92 Å². The minimum absolute atomic E-state index is 0.160. The lowest BCUT2D eigenvalue weighted by Crippen LogP contribution is -2.26. The molecule has 0 atom stereocenters. The summed E-state index contributed by atoms with van der Waals surface area (Å²) in [5.74, 6) is -0.0227. The zero-order valence-electron chi connectivity index (χ0n) is 10.6. The van der Waals surface area contributed by atoms with Crippen molar-refractivity contribution in [1.29, 1.82) is 0 Å². The number of phenolic OH excluding ortho intramolecular Hbond substituents is 1. The predicted molar refractivity (Wildman–Crippen MR) is 74.8 cm³/mol. The van der Waals surface area contributed by atoms with Crippen LogP contribution >= 0.6 is 11.6 Å². The van der Waals surface area contributed by atoms with Crippen molar-refractivity contribution < 1.29 is 9.90 Å². The van der Waals surface area contributed by atoms with Gasteiger partial charge in [-0.15, -0.1) is 0 Å². The van der Waals surface area contributed by atoms with Crippen LogP contribution in [0.3, 0.4) is 0 Å². The monoisotopic (exact) mass is 276 g/mol. The van der Waals surface area contributed by atoms with E-state index in [-0.39, 0.29) is 11.7 Å². The number of rotatable bonds is 2. The van der Waals surface area contributed by atoms with E-state index in [4.69, 9.17) is 11.6 Å². The molecule has 0 radical (unpaired) electrons. The van der Waals surface area contributed by atoms with Gasteiger partial charge in [0.05, 0.1) is 0 Å². The molecule has 0 saturated carbocycles. The number of pyridine rings is 1. The fraction of sp³-hybridized carbons (Fsp3) is 0.143. The molecule has 5 heteroatoms. The molecule has 0 fully saturated rings. The largest absolute Gasteiger partial charge is 0.508 e. The molecule has 2 rings (SSSR count). The van der Waals surface area contributed by atoms with E-state index in [1.165, 1.54) is 23.1 Å². The molecule has 0 spiro atoms. The van der Waals surface area contributed by atoms with Crippen molar-refractivity contribution >= 4 is 23.2 Å². The molecule has 0 saturated heterocycles. The number of carbonyl (C=O) groups is 1. The molecule has 0 bridgehead atoms. The third-order valence-electron chi connectivity index (χ3n) is 2.71. The molecular weight excluding hydrogens is 264 g/mol. The van der Waals surface area contributed by atoms with Crippen LogP contribution in [0.1, 0.15) is 16.1 Å². The molecule has 1 heterocycles. The van der Waals surface area contributed by atoms with E-state index in [1.54, 1.807) is 32.2 Å². The third-order valence-corrected chi connectivity index (χ3v) is 2.90. The Labute approximate surface area is 116 Å². The quantitative estimate of drug-likeness (QED) is 0.858. The average molecular weight is 277 g/mol. The van der Waals surface area contributed by atoms with Crippen LogP contribution in [0, 0.1) is 6.92 Å². The second-order valence-electron chi connectivity index (χ2n) is 4.20. The SMILES string of the molecule is Cc1cc(C(=O)N(C)c2ccc(O)cc2)cc(Cl)n1. The van der Waals surface area contributed by atoms with E-state index in [2.05, 4.69) is 4.98 Å². The number of aromatic nitrogens is 1. The van der Waals surface area contributed by atoms with Gasteiger partial charge in [0.1, 0.15) is 10.9 Å². The number of anilines is 1. The number of hydrogen-bond acceptors (Lipinski definition) is 3. The predicted octanol–water partition coefficient (Wildman–Crippen LogP) is 3.03. The van der Waals surface area contributed by atoms with E-state index < -0.39 is 0 Å². The van der Waals surface area contributed by atoms with E-state index in [9.17, 15) is 9.90 Å². The van der Waals surface area contributed by atoms with Crippen molar-refractivity contribution in [1.82, 2.24) is 4.98 Å². The maximum atomic E-state index is 12.3. The Morgan fingerprint density at radius 3 is 2.47 bits per heavy atom. The van der Waals surface area contributed by atoms with Crippen LogP contribution < -0.4 is 4.90 Å². The molecule has 0 unspecified atom stereocenters. The van der Waals surface area contributed by atoms with Crippen molar-refractivity contribution in [2.24, 2.45) is 0 Å². The molecule has 4 nitrogen and oxygen atoms in total. The summed E-state index contributed by atoms with van der Waals surface area (Å²) in [6.07, 6.45) is 0. The van der Waals surface area contributed by atoms with Gasteiger partial charge in [0.2, 0.25) is 0 Å². The van der Waals surface area contributed by atoms with Gasteiger partial charge in [0.25, 0.3) is 5.91 Å². The van der Waals surface area contributed by atoms with Crippen molar-refractivity contribution in [3.05, 3.63) is 52.8 Å². The molecule has 1 aromatic carbocycles. The number of aryl methyl sites for hydroxylation is 1. The fourth-order valence-corrected chi connectivity index (χ4v) is 1.99. The first-order chi connectivity index (χ1) is 8.97. The standard InChI is InChI=1S/C14H13ClN2O2/c1-9-7-10(8-13(15)16-9)14(19)17(2)11-3-5-12(18)6-4-11/h3-8,18H,1-2H3. The molecule has 1 aromatic heterocycles. The van der Waals surface area contributed by atoms with Crippen LogP contribution in [0.2, 0.25) is 5.15 Å². The lowest BCUT2D eigenvalue weighted by molar-refractivity contribution is 0.0993. The van der Waals surface area contributed by atoms with Gasteiger partial charge in [-0.25, -0.2) is 4.98 Å². The highest BCUT2D eigenvalue weighted by Crippen LogP contribution is 2.20. The lowest BCUT2D eigenvalue weighted by Gasteiger charge is -2.17. The highest BCUT2D eigenvalue weighted by Gasteiger charge is 2.14. The fourth-order valence-electron chi connectivity index (χ4n) is 1.74. The van der Waals surface area contributed by atoms with Crippen LogP contribution in [-0.2, 0) is 0 Å². The van der Waals surface area contributed by atoms with Gasteiger partial charge in [-0.05, 0) is 43.3 Å². The van der Waals surface area contributed by atoms with Gasteiger partial charge in [0.15, 0.2) is 0 Å². The van der Waals surface area contributed by atoms with E-state index in [0.717, 1.165) is 0 Å². The molecule has 0 aliphatic rings. The summed E-state index contributed by atoms with van der Waals surface area (Å²) in [5, 5.41) is 9.53. The second-order valence-corrected chi connectivity index (χ2v) is 4.59. The normalized spacial score (nSPS) is 10.3. The zero-order valence-corrected chi connectivity index (χ0v) is 11.3. The molecule has 98 valence electrons. The number of carbonyl (C=O) groups excluding carboxylic acids is 1. The van der Waals surface area contributed by atoms with E-state index >= 15 is 0 Å². The number of benzene rings is 1. The number of phenols is 1. The summed E-state index contributed by atoms with van der Waals surface area (Å²) in [6.45, 7) is 1.78. The van der Waals surface area contributed by atoms with Crippen molar-refractivity contribution in [3.63, 3.8) is 0 Å². The number of nitrogens with zero attached hydrogens (tertiary/aromatic N) is 2. The summed E-state index contributed by atoms with van der Waals surface area (Å²) < 4.78 is 0. The van der Waals surface area contributed by atoms with Crippen LogP contribution in [0.25, 0.3) is 0 Å². The van der Waals surface area contributed by atoms with Crippen molar-refractivity contribution in [2.75, 3.05) is 11.9 Å². The Balaban J connectivity index is 2.30. The summed E-state index contributed by atoms with van der Waals surface area (Å²) in [4.78, 5) is 17.8. The van der Waals surface area contributed by atoms with E-state index in [0.29, 0.717) is 22.1 Å². The first-order valence-corrected chi connectivity index (χ1v) is 6.06. The second kappa shape index (κ2) is 5.28. The van der Waals surface area contributed by atoms with Gasteiger partial charge >= 0.3 is 0 Å². The smallest absolute Gasteiger partial charge is 0.258 e. The number of amides is 1. The molecule has 19 heavy (non-hydrogen) atoms. The van der Waals surface area contributed by atoms with Gasteiger partial charge in [0, 0.05) is 24.0 Å². The van der Waals surface area contributed by atoms with Crippen LogP contribution in [-0.4, -0.2) is 23.0 Å². The highest BCUT2D eigenvalue weighted by atomic mass is 35.5. The van der Waals surface area contributed by atoms with Crippen molar-refractivity contribution in [3.8, 4) is 5.75 Å². The maximum absolute atomic E-state index is 12.3. The van der Waals surface area contributed by atoms with Gasteiger partial charge < -0.3 is 10.0 Å². The lowest BCUT2D eigenvalue weighted by atomic mass is 10.2. The minimum atomic E-state index is -0.182. The molecule has 1 amide bonds. The summed E-state index contributed by atoms with van der Waals surface area (Å²) >= 11 is 5.85. The summed E-state index contributed by atoms with van der Waals surface area (Å²) in [7, 11) is 1.67. The highest BCUT2D eigenvalue weighted by molar-refractivity contribution is 6.29. The Morgan fingerprint density at radius 1 is 1.26 bits per heavy atom. The molecule has 1 N–H and O–H groups in total. The van der Waals surface area contributed by atoms with Crippen LogP contribution in [0.5, 0.6) is 5.75 Å². The van der Waals surface area contributed by atoms with Gasteiger partial charge in [-0.3, -0.25) is 4.79 Å².